The summed E-state index contributed by atoms with van der Waals surface area (Å²) in [4.78, 5) is 5.15. The van der Waals surface area contributed by atoms with E-state index in [-0.39, 0.29) is 0 Å². The molecule has 0 aromatic rings. The second-order valence-electron chi connectivity index (χ2n) is 5.20. The van der Waals surface area contributed by atoms with Crippen LogP contribution in [0.1, 0.15) is 46.0 Å². The van der Waals surface area contributed by atoms with E-state index in [1.807, 2.05) is 0 Å². The Labute approximate surface area is 104 Å². The summed E-state index contributed by atoms with van der Waals surface area (Å²) >= 11 is 0. The van der Waals surface area contributed by atoms with E-state index in [9.17, 15) is 0 Å². The highest BCUT2D eigenvalue weighted by molar-refractivity contribution is 7.17. The van der Waals surface area contributed by atoms with Crippen LogP contribution < -0.4 is 0 Å². The van der Waals surface area contributed by atoms with Crippen LogP contribution in [0.4, 0.5) is 0 Å². The van der Waals surface area contributed by atoms with Crippen LogP contribution in [0.5, 0.6) is 0 Å². The zero-order valence-electron chi connectivity index (χ0n) is 11.3. The van der Waals surface area contributed by atoms with E-state index in [1.54, 1.807) is 0 Å². The van der Waals surface area contributed by atoms with E-state index in [4.69, 9.17) is 0 Å². The Morgan fingerprint density at radius 2 is 1.94 bits per heavy atom. The first-order valence-corrected chi connectivity index (χ1v) is 7.51. The third-order valence-corrected chi connectivity index (χ3v) is 4.23. The van der Waals surface area contributed by atoms with Crippen LogP contribution in [0, 0.1) is 0 Å². The van der Waals surface area contributed by atoms with E-state index in [1.165, 1.54) is 51.7 Å². The van der Waals surface area contributed by atoms with E-state index in [0.717, 1.165) is 6.04 Å². The maximum Gasteiger partial charge on any atom is 0.0211 e. The number of rotatable bonds is 6. The van der Waals surface area contributed by atoms with Gasteiger partial charge >= 0.3 is 0 Å². The first-order valence-electron chi connectivity index (χ1n) is 6.85. The Hall–Kier alpha value is 0.350. The van der Waals surface area contributed by atoms with E-state index >= 15 is 0 Å². The van der Waals surface area contributed by atoms with Gasteiger partial charge in [0.15, 0.2) is 0 Å². The lowest BCUT2D eigenvalue weighted by molar-refractivity contribution is 0.123. The van der Waals surface area contributed by atoms with Crippen molar-refractivity contribution < 1.29 is 0 Å². The van der Waals surface area contributed by atoms with Crippen molar-refractivity contribution >= 4 is 9.24 Å². The molecule has 0 saturated carbocycles. The SMILES string of the molecule is CCCCCN(C)C1CCN([C@@H](C)P)CC1. The molecule has 1 fully saturated rings. The van der Waals surface area contributed by atoms with Gasteiger partial charge in [-0.2, -0.15) is 0 Å². The molecule has 0 radical (unpaired) electrons. The molecule has 0 amide bonds. The molecule has 1 saturated heterocycles. The van der Waals surface area contributed by atoms with Crippen molar-refractivity contribution in [3.63, 3.8) is 0 Å². The molecule has 0 aromatic heterocycles. The molecule has 0 spiro atoms. The van der Waals surface area contributed by atoms with Gasteiger partial charge in [-0.25, -0.2) is 0 Å². The van der Waals surface area contributed by atoms with E-state index in [0.29, 0.717) is 5.78 Å². The summed E-state index contributed by atoms with van der Waals surface area (Å²) in [5.74, 6) is 0.645. The highest BCUT2D eigenvalue weighted by Crippen LogP contribution is 2.19. The molecule has 2 atom stereocenters. The monoisotopic (exact) mass is 244 g/mol. The molecule has 1 rings (SSSR count). The van der Waals surface area contributed by atoms with Gasteiger partial charge in [0, 0.05) is 24.9 Å². The van der Waals surface area contributed by atoms with Gasteiger partial charge < -0.3 is 4.90 Å². The minimum atomic E-state index is 0.645. The lowest BCUT2D eigenvalue weighted by Crippen LogP contribution is -2.45. The maximum absolute atomic E-state index is 2.91. The molecule has 0 aromatic carbocycles. The fourth-order valence-corrected chi connectivity index (χ4v) is 2.83. The van der Waals surface area contributed by atoms with Gasteiger partial charge in [0.2, 0.25) is 0 Å². The Morgan fingerprint density at radius 1 is 1.31 bits per heavy atom. The Bertz CT molecular complexity index is 177. The predicted molar refractivity (Wildman–Crippen MR) is 75.9 cm³/mol. The highest BCUT2D eigenvalue weighted by Gasteiger charge is 2.23. The van der Waals surface area contributed by atoms with Crippen LogP contribution in [0.25, 0.3) is 0 Å². The summed E-state index contributed by atoms with van der Waals surface area (Å²) in [5.41, 5.74) is 0. The summed E-state index contributed by atoms with van der Waals surface area (Å²) < 4.78 is 0. The average Bonchev–Trinajstić information content (AvgIpc) is 2.29. The molecule has 2 nitrogen and oxygen atoms in total. The molecular weight excluding hydrogens is 215 g/mol. The van der Waals surface area contributed by atoms with Gasteiger partial charge in [0.05, 0.1) is 0 Å². The molecule has 0 N–H and O–H groups in total. The third-order valence-electron chi connectivity index (χ3n) is 3.81. The number of nitrogens with zero attached hydrogens (tertiary/aromatic N) is 2. The van der Waals surface area contributed by atoms with Crippen LogP contribution >= 0.6 is 9.24 Å². The molecule has 3 heteroatoms. The van der Waals surface area contributed by atoms with Crippen LogP contribution in [-0.4, -0.2) is 48.3 Å². The highest BCUT2D eigenvalue weighted by atomic mass is 31.0. The number of unbranched alkanes of at least 4 members (excludes halogenated alkanes) is 2. The van der Waals surface area contributed by atoms with Crippen molar-refractivity contribution in [2.45, 2.75) is 57.8 Å². The summed E-state index contributed by atoms with van der Waals surface area (Å²) in [5, 5.41) is 0. The fourth-order valence-electron chi connectivity index (χ4n) is 2.53. The summed E-state index contributed by atoms with van der Waals surface area (Å²) in [7, 11) is 5.21. The van der Waals surface area contributed by atoms with Crippen LogP contribution in [0.3, 0.4) is 0 Å². The molecule has 1 aliphatic heterocycles. The van der Waals surface area contributed by atoms with Gasteiger partial charge in [-0.3, -0.25) is 4.90 Å². The van der Waals surface area contributed by atoms with Gasteiger partial charge in [0.25, 0.3) is 0 Å². The standard InChI is InChI=1S/C13H29N2P/c1-4-5-6-9-14(3)13-7-10-15(11-8-13)12(2)16/h12-13H,4-11,16H2,1-3H3/t12-/m1/s1. The van der Waals surface area contributed by atoms with Crippen molar-refractivity contribution in [3.05, 3.63) is 0 Å². The second-order valence-corrected chi connectivity index (χ2v) is 6.16. The third kappa shape index (κ3) is 4.69. The quantitative estimate of drug-likeness (QED) is 0.523. The predicted octanol–water partition coefficient (Wildman–Crippen LogP) is 2.79. The van der Waals surface area contributed by atoms with Crippen molar-refractivity contribution in [1.82, 2.24) is 9.80 Å². The van der Waals surface area contributed by atoms with Gasteiger partial charge in [-0.15, -0.1) is 9.24 Å². The molecule has 16 heavy (non-hydrogen) atoms. The van der Waals surface area contributed by atoms with Crippen molar-refractivity contribution in [2.75, 3.05) is 26.7 Å². The number of hydrogen-bond acceptors (Lipinski definition) is 2. The molecule has 1 aliphatic rings. The van der Waals surface area contributed by atoms with Gasteiger partial charge in [-0.05, 0) is 39.8 Å². The number of piperidine rings is 1. The van der Waals surface area contributed by atoms with Crippen LogP contribution in [0.2, 0.25) is 0 Å². The maximum atomic E-state index is 2.91. The zero-order chi connectivity index (χ0) is 12.0. The van der Waals surface area contributed by atoms with E-state index in [2.05, 4.69) is 39.9 Å². The molecule has 0 bridgehead atoms. The van der Waals surface area contributed by atoms with E-state index < -0.39 is 0 Å². The average molecular weight is 244 g/mol. The molecule has 0 aliphatic carbocycles. The Kier molecular flexibility index (Phi) is 6.87. The lowest BCUT2D eigenvalue weighted by Gasteiger charge is -2.38. The topological polar surface area (TPSA) is 6.48 Å². The number of likely N-dealkylation sites (tertiary alicyclic amines) is 1. The van der Waals surface area contributed by atoms with Crippen LogP contribution in [-0.2, 0) is 0 Å². The second kappa shape index (κ2) is 7.63. The summed E-state index contributed by atoms with van der Waals surface area (Å²) in [6.45, 7) is 8.38. The molecule has 1 heterocycles. The lowest BCUT2D eigenvalue weighted by atomic mass is 10.0. The first kappa shape index (κ1) is 14.4. The van der Waals surface area contributed by atoms with Gasteiger partial charge in [0.1, 0.15) is 0 Å². The van der Waals surface area contributed by atoms with Gasteiger partial charge in [-0.1, -0.05) is 19.8 Å². The van der Waals surface area contributed by atoms with Crippen molar-refractivity contribution in [2.24, 2.45) is 0 Å². The fraction of sp³-hybridized carbons (Fsp3) is 1.00. The molecule has 1 unspecified atom stereocenters. The minimum absolute atomic E-state index is 0.645. The largest absolute Gasteiger partial charge is 0.303 e. The zero-order valence-corrected chi connectivity index (χ0v) is 12.4. The summed E-state index contributed by atoms with van der Waals surface area (Å²) in [6, 6.07) is 0.830. The van der Waals surface area contributed by atoms with Crippen molar-refractivity contribution in [3.8, 4) is 0 Å². The van der Waals surface area contributed by atoms with Crippen molar-refractivity contribution in [1.29, 1.82) is 0 Å². The normalized spacial score (nSPS) is 21.6. The number of hydrogen-bond donors (Lipinski definition) is 0. The Morgan fingerprint density at radius 3 is 2.44 bits per heavy atom. The minimum Gasteiger partial charge on any atom is -0.303 e. The Balaban J connectivity index is 2.19. The molecular formula is C13H29N2P. The first-order chi connectivity index (χ1) is 7.65. The smallest absolute Gasteiger partial charge is 0.0211 e. The molecule has 96 valence electrons. The van der Waals surface area contributed by atoms with Crippen LogP contribution in [0.15, 0.2) is 0 Å². The summed E-state index contributed by atoms with van der Waals surface area (Å²) in [6.07, 6.45) is 6.78.